The van der Waals surface area contributed by atoms with Gasteiger partial charge in [0.15, 0.2) is 0 Å². The molecule has 0 heterocycles. The van der Waals surface area contributed by atoms with Crippen LogP contribution in [-0.2, 0) is 0 Å². The van der Waals surface area contributed by atoms with E-state index in [1.807, 2.05) is 0 Å². The van der Waals surface area contributed by atoms with Crippen molar-refractivity contribution in [3.8, 4) is 0 Å². The third kappa shape index (κ3) is 42.7. The number of allylic oxidation sites excluding steroid dienone is 2. The minimum atomic E-state index is 0.862. The van der Waals surface area contributed by atoms with Gasteiger partial charge in [0.05, 0.1) is 0 Å². The van der Waals surface area contributed by atoms with E-state index in [2.05, 4.69) is 26.0 Å². The standard InChI is InChI=1S/C18H39N.C18H37N/c2*1-2-3-4-5-6-7-8-9-10-11-12-13-14-15-16-17-18-19/h2-19H2,1H3;9-10H,2-8,11-19H2,1H3/b;10-9-. The lowest BCUT2D eigenvalue weighted by Crippen LogP contribution is -1.97. The molecule has 0 aromatic heterocycles. The second-order valence-electron chi connectivity index (χ2n) is 11.8. The summed E-state index contributed by atoms with van der Waals surface area (Å²) in [7, 11) is 0. The Hall–Kier alpha value is -0.340. The summed E-state index contributed by atoms with van der Waals surface area (Å²) in [4.78, 5) is 0. The van der Waals surface area contributed by atoms with Crippen LogP contribution < -0.4 is 11.5 Å². The Morgan fingerprint density at radius 1 is 0.289 bits per heavy atom. The van der Waals surface area contributed by atoms with Crippen LogP contribution in [0.15, 0.2) is 12.2 Å². The van der Waals surface area contributed by atoms with Crippen molar-refractivity contribution in [1.82, 2.24) is 0 Å². The van der Waals surface area contributed by atoms with Gasteiger partial charge in [0.25, 0.3) is 0 Å². The molecule has 2 heteroatoms. The van der Waals surface area contributed by atoms with Crippen LogP contribution in [0.1, 0.15) is 206 Å². The average Bonchev–Trinajstić information content (AvgIpc) is 2.93. The van der Waals surface area contributed by atoms with Crippen LogP contribution >= 0.6 is 0 Å². The first-order valence-electron chi connectivity index (χ1n) is 17.9. The van der Waals surface area contributed by atoms with E-state index in [1.54, 1.807) is 0 Å². The molecule has 0 saturated carbocycles. The van der Waals surface area contributed by atoms with Gasteiger partial charge in [-0.2, -0.15) is 0 Å². The van der Waals surface area contributed by atoms with Gasteiger partial charge < -0.3 is 11.5 Å². The smallest absolute Gasteiger partial charge is 0.00773 e. The minimum Gasteiger partial charge on any atom is -0.330 e. The molecule has 0 aliphatic heterocycles. The fourth-order valence-corrected chi connectivity index (χ4v) is 5.08. The van der Waals surface area contributed by atoms with E-state index in [-0.39, 0.29) is 0 Å². The van der Waals surface area contributed by atoms with Crippen LogP contribution in [0.4, 0.5) is 0 Å². The Morgan fingerprint density at radius 3 is 0.737 bits per heavy atom. The molecule has 0 amide bonds. The molecule has 0 aromatic carbocycles. The third-order valence-corrected chi connectivity index (χ3v) is 7.77. The first-order chi connectivity index (χ1) is 18.8. The molecule has 0 aliphatic rings. The van der Waals surface area contributed by atoms with Crippen molar-refractivity contribution >= 4 is 0 Å². The molecule has 2 nitrogen and oxygen atoms in total. The highest BCUT2D eigenvalue weighted by atomic mass is 14.5. The molecule has 4 N–H and O–H groups in total. The fourth-order valence-electron chi connectivity index (χ4n) is 5.08. The van der Waals surface area contributed by atoms with Gasteiger partial charge >= 0.3 is 0 Å². The topological polar surface area (TPSA) is 52.0 Å². The van der Waals surface area contributed by atoms with Crippen molar-refractivity contribution in [2.75, 3.05) is 13.1 Å². The van der Waals surface area contributed by atoms with Crippen LogP contribution in [-0.4, -0.2) is 13.1 Å². The van der Waals surface area contributed by atoms with Crippen LogP contribution in [0.5, 0.6) is 0 Å². The average molecular weight is 537 g/mol. The van der Waals surface area contributed by atoms with Gasteiger partial charge in [-0.3, -0.25) is 0 Å². The second-order valence-corrected chi connectivity index (χ2v) is 11.8. The predicted octanol–water partition coefficient (Wildman–Crippen LogP) is 12.2. The molecule has 0 radical (unpaired) electrons. The summed E-state index contributed by atoms with van der Waals surface area (Å²) in [5.74, 6) is 0. The van der Waals surface area contributed by atoms with Gasteiger partial charge in [-0.15, -0.1) is 0 Å². The lowest BCUT2D eigenvalue weighted by atomic mass is 10.0. The van der Waals surface area contributed by atoms with Crippen LogP contribution in [0.25, 0.3) is 0 Å². The molecule has 0 aliphatic carbocycles. The van der Waals surface area contributed by atoms with Gasteiger partial charge in [-0.1, -0.05) is 180 Å². The molecule has 0 saturated heterocycles. The summed E-state index contributed by atoms with van der Waals surface area (Å²) in [6.07, 6.45) is 46.7. The maximum absolute atomic E-state index is 5.48. The molecule has 0 spiro atoms. The normalized spacial score (nSPS) is 11.3. The Morgan fingerprint density at radius 2 is 0.500 bits per heavy atom. The number of nitrogens with two attached hydrogens (primary N) is 2. The van der Waals surface area contributed by atoms with Crippen LogP contribution in [0.2, 0.25) is 0 Å². The van der Waals surface area contributed by atoms with Gasteiger partial charge in [-0.25, -0.2) is 0 Å². The molecule has 230 valence electrons. The molecule has 0 aromatic rings. The van der Waals surface area contributed by atoms with Gasteiger partial charge in [-0.05, 0) is 51.6 Å². The number of hydrogen-bond donors (Lipinski definition) is 2. The molecule has 38 heavy (non-hydrogen) atoms. The van der Waals surface area contributed by atoms with E-state index >= 15 is 0 Å². The lowest BCUT2D eigenvalue weighted by molar-refractivity contribution is 0.530. The summed E-state index contributed by atoms with van der Waals surface area (Å²) in [6, 6.07) is 0. The monoisotopic (exact) mass is 537 g/mol. The van der Waals surface area contributed by atoms with Crippen molar-refractivity contribution in [2.24, 2.45) is 11.5 Å². The maximum atomic E-state index is 5.48. The lowest BCUT2D eigenvalue weighted by Gasteiger charge is -2.03. The summed E-state index contributed by atoms with van der Waals surface area (Å²) in [5, 5.41) is 0. The Labute approximate surface area is 243 Å². The van der Waals surface area contributed by atoms with E-state index in [9.17, 15) is 0 Å². The fraction of sp³-hybridized carbons (Fsp3) is 0.944. The molecule has 0 bridgehead atoms. The zero-order valence-corrected chi connectivity index (χ0v) is 26.9. The van der Waals surface area contributed by atoms with Crippen molar-refractivity contribution in [2.45, 2.75) is 206 Å². The predicted molar refractivity (Wildman–Crippen MR) is 177 cm³/mol. The van der Waals surface area contributed by atoms with Gasteiger partial charge in [0.2, 0.25) is 0 Å². The molecule has 0 rings (SSSR count). The quantitative estimate of drug-likeness (QED) is 0.0683. The SMILES string of the molecule is CCCCCCCC/C=C\CCCCCCCCN.CCCCCCCCCCCCCCCCCCN. The first kappa shape index (κ1) is 39.8. The molecule has 0 unspecified atom stereocenters. The molecular formula is C36H76N2. The second kappa shape index (κ2) is 41.1. The highest BCUT2D eigenvalue weighted by Crippen LogP contribution is 2.14. The van der Waals surface area contributed by atoms with Crippen molar-refractivity contribution in [3.05, 3.63) is 12.2 Å². The summed E-state index contributed by atoms with van der Waals surface area (Å²) < 4.78 is 0. The molecule has 0 fully saturated rings. The zero-order chi connectivity index (χ0) is 28.0. The van der Waals surface area contributed by atoms with E-state index in [0.29, 0.717) is 0 Å². The van der Waals surface area contributed by atoms with Crippen LogP contribution in [0.3, 0.4) is 0 Å². The molecular weight excluding hydrogens is 460 g/mol. The molecule has 0 atom stereocenters. The van der Waals surface area contributed by atoms with Crippen molar-refractivity contribution < 1.29 is 0 Å². The Kier molecular flexibility index (Phi) is 43.1. The van der Waals surface area contributed by atoms with Crippen molar-refractivity contribution in [1.29, 1.82) is 0 Å². The van der Waals surface area contributed by atoms with Crippen molar-refractivity contribution in [3.63, 3.8) is 0 Å². The van der Waals surface area contributed by atoms with E-state index in [1.165, 1.54) is 193 Å². The van der Waals surface area contributed by atoms with E-state index in [4.69, 9.17) is 11.5 Å². The van der Waals surface area contributed by atoms with Gasteiger partial charge in [0, 0.05) is 0 Å². The van der Waals surface area contributed by atoms with E-state index in [0.717, 1.165) is 13.1 Å². The highest BCUT2D eigenvalue weighted by Gasteiger charge is 1.94. The van der Waals surface area contributed by atoms with Crippen LogP contribution in [0, 0.1) is 0 Å². The summed E-state index contributed by atoms with van der Waals surface area (Å²) >= 11 is 0. The van der Waals surface area contributed by atoms with Gasteiger partial charge in [0.1, 0.15) is 0 Å². The number of hydrogen-bond acceptors (Lipinski definition) is 2. The number of rotatable bonds is 31. The highest BCUT2D eigenvalue weighted by molar-refractivity contribution is 4.81. The summed E-state index contributed by atoms with van der Waals surface area (Å²) in [5.41, 5.74) is 11.0. The minimum absolute atomic E-state index is 0.862. The Bertz CT molecular complexity index is 377. The first-order valence-corrected chi connectivity index (χ1v) is 17.9. The largest absolute Gasteiger partial charge is 0.330 e. The maximum Gasteiger partial charge on any atom is -0.00773 e. The Balaban J connectivity index is 0. The van der Waals surface area contributed by atoms with E-state index < -0.39 is 0 Å². The zero-order valence-electron chi connectivity index (χ0n) is 26.9. The summed E-state index contributed by atoms with van der Waals surface area (Å²) in [6.45, 7) is 6.30. The third-order valence-electron chi connectivity index (χ3n) is 7.77. The number of unbranched alkanes of at least 4 members (excludes halogenated alkanes) is 27.